The maximum Gasteiger partial charge on any atom is 0.276 e. The lowest BCUT2D eigenvalue weighted by Gasteiger charge is -2.14. The minimum Gasteiger partial charge on any atom is -0.493 e. The standard InChI is InChI=1S/C15H15NO5/c1-20-14-8-4-6-11(9-17)15(14)21-10-12-5-2-3-7-13(12)16(18)19/h2-8,17H,9-10H2,1H3. The topological polar surface area (TPSA) is 81.8 Å². The summed E-state index contributed by atoms with van der Waals surface area (Å²) in [5.41, 5.74) is 1.02. The maximum atomic E-state index is 11.0. The summed E-state index contributed by atoms with van der Waals surface area (Å²) in [4.78, 5) is 10.5. The Labute approximate surface area is 121 Å². The molecule has 2 aromatic rings. The molecule has 110 valence electrons. The van der Waals surface area contributed by atoms with Gasteiger partial charge in [-0.25, -0.2) is 0 Å². The number of benzene rings is 2. The fourth-order valence-corrected chi connectivity index (χ4v) is 1.97. The molecule has 0 aliphatic heterocycles. The number of nitro benzene ring substituents is 1. The number of methoxy groups -OCH3 is 1. The lowest BCUT2D eigenvalue weighted by Crippen LogP contribution is -2.03. The van der Waals surface area contributed by atoms with Crippen LogP contribution < -0.4 is 9.47 Å². The Morgan fingerprint density at radius 2 is 1.86 bits per heavy atom. The van der Waals surface area contributed by atoms with Gasteiger partial charge in [0, 0.05) is 11.6 Å². The summed E-state index contributed by atoms with van der Waals surface area (Å²) in [6.45, 7) is -0.187. The van der Waals surface area contributed by atoms with Crippen molar-refractivity contribution in [3.8, 4) is 11.5 Å². The van der Waals surface area contributed by atoms with Crippen LogP contribution in [0.4, 0.5) is 5.69 Å². The first-order valence-electron chi connectivity index (χ1n) is 6.29. The molecule has 0 fully saturated rings. The van der Waals surface area contributed by atoms with Gasteiger partial charge in [0.15, 0.2) is 11.5 Å². The van der Waals surface area contributed by atoms with E-state index in [9.17, 15) is 15.2 Å². The van der Waals surface area contributed by atoms with Crippen molar-refractivity contribution in [2.24, 2.45) is 0 Å². The van der Waals surface area contributed by atoms with Crippen molar-refractivity contribution in [2.45, 2.75) is 13.2 Å². The van der Waals surface area contributed by atoms with Crippen molar-refractivity contribution in [3.05, 3.63) is 63.7 Å². The molecule has 0 saturated carbocycles. The Morgan fingerprint density at radius 3 is 2.52 bits per heavy atom. The molecule has 0 aliphatic rings. The van der Waals surface area contributed by atoms with Crippen molar-refractivity contribution in [3.63, 3.8) is 0 Å². The van der Waals surface area contributed by atoms with Crippen LogP contribution in [-0.4, -0.2) is 17.1 Å². The Hall–Kier alpha value is -2.60. The highest BCUT2D eigenvalue weighted by Crippen LogP contribution is 2.32. The third-order valence-corrected chi connectivity index (χ3v) is 3.01. The van der Waals surface area contributed by atoms with Crippen LogP contribution >= 0.6 is 0 Å². The number of hydrogen-bond acceptors (Lipinski definition) is 5. The van der Waals surface area contributed by atoms with Crippen LogP contribution in [0.15, 0.2) is 42.5 Å². The van der Waals surface area contributed by atoms with Crippen molar-refractivity contribution in [2.75, 3.05) is 7.11 Å². The molecular weight excluding hydrogens is 274 g/mol. The summed E-state index contributed by atoms with van der Waals surface area (Å²) in [5, 5.41) is 20.3. The lowest BCUT2D eigenvalue weighted by molar-refractivity contribution is -0.385. The second-order valence-corrected chi connectivity index (χ2v) is 4.28. The van der Waals surface area contributed by atoms with E-state index in [4.69, 9.17) is 9.47 Å². The van der Waals surface area contributed by atoms with Crippen LogP contribution in [0.2, 0.25) is 0 Å². The molecule has 2 rings (SSSR count). The van der Waals surface area contributed by atoms with E-state index >= 15 is 0 Å². The third-order valence-electron chi connectivity index (χ3n) is 3.01. The summed E-state index contributed by atoms with van der Waals surface area (Å²) in [6, 6.07) is 11.5. The summed E-state index contributed by atoms with van der Waals surface area (Å²) >= 11 is 0. The fraction of sp³-hybridized carbons (Fsp3) is 0.200. The molecular formula is C15H15NO5. The van der Waals surface area contributed by atoms with E-state index in [2.05, 4.69) is 0 Å². The van der Waals surface area contributed by atoms with E-state index in [1.807, 2.05) is 0 Å². The quantitative estimate of drug-likeness (QED) is 0.653. The number of aliphatic hydroxyl groups is 1. The monoisotopic (exact) mass is 289 g/mol. The molecule has 0 atom stereocenters. The minimum atomic E-state index is -0.451. The molecule has 0 heterocycles. The van der Waals surface area contributed by atoms with E-state index in [-0.39, 0.29) is 18.9 Å². The van der Waals surface area contributed by atoms with Crippen LogP contribution in [0, 0.1) is 10.1 Å². The van der Waals surface area contributed by atoms with Crippen molar-refractivity contribution >= 4 is 5.69 Å². The largest absolute Gasteiger partial charge is 0.493 e. The van der Waals surface area contributed by atoms with E-state index in [0.29, 0.717) is 22.6 Å². The highest BCUT2D eigenvalue weighted by atomic mass is 16.6. The molecule has 0 aromatic heterocycles. The first kappa shape index (κ1) is 14.8. The van der Waals surface area contributed by atoms with E-state index in [1.165, 1.54) is 13.2 Å². The van der Waals surface area contributed by atoms with Crippen molar-refractivity contribution in [1.82, 2.24) is 0 Å². The summed E-state index contributed by atoms with van der Waals surface area (Å²) in [5.74, 6) is 0.862. The van der Waals surface area contributed by atoms with Gasteiger partial charge in [0.05, 0.1) is 24.2 Å². The van der Waals surface area contributed by atoms with E-state index < -0.39 is 4.92 Å². The Bertz CT molecular complexity index is 619. The molecule has 0 bridgehead atoms. The molecule has 2 aromatic carbocycles. The molecule has 0 radical (unpaired) electrons. The number of rotatable bonds is 6. The first-order chi connectivity index (χ1) is 10.2. The van der Waals surface area contributed by atoms with Gasteiger partial charge < -0.3 is 14.6 Å². The zero-order chi connectivity index (χ0) is 15.2. The zero-order valence-electron chi connectivity index (χ0n) is 11.5. The molecule has 0 amide bonds. The molecule has 21 heavy (non-hydrogen) atoms. The number of para-hydroxylation sites is 2. The normalized spacial score (nSPS) is 10.2. The predicted molar refractivity (Wildman–Crippen MR) is 76.3 cm³/mol. The summed E-state index contributed by atoms with van der Waals surface area (Å²) in [7, 11) is 1.49. The maximum absolute atomic E-state index is 11.0. The third kappa shape index (κ3) is 3.29. The van der Waals surface area contributed by atoms with Crippen LogP contribution in [0.1, 0.15) is 11.1 Å². The highest BCUT2D eigenvalue weighted by Gasteiger charge is 2.15. The Morgan fingerprint density at radius 1 is 1.14 bits per heavy atom. The summed E-state index contributed by atoms with van der Waals surface area (Å²) < 4.78 is 10.8. The second-order valence-electron chi connectivity index (χ2n) is 4.28. The molecule has 0 unspecified atom stereocenters. The Kier molecular flexibility index (Phi) is 4.73. The first-order valence-corrected chi connectivity index (χ1v) is 6.29. The number of nitrogens with zero attached hydrogens (tertiary/aromatic N) is 1. The Balaban J connectivity index is 2.26. The SMILES string of the molecule is COc1cccc(CO)c1OCc1ccccc1[N+](=O)[O-]. The smallest absolute Gasteiger partial charge is 0.276 e. The molecule has 6 nitrogen and oxygen atoms in total. The van der Waals surface area contributed by atoms with E-state index in [1.54, 1.807) is 36.4 Å². The molecule has 1 N–H and O–H groups in total. The van der Waals surface area contributed by atoms with Gasteiger partial charge in [0.25, 0.3) is 5.69 Å². The number of hydrogen-bond donors (Lipinski definition) is 1. The fourth-order valence-electron chi connectivity index (χ4n) is 1.97. The zero-order valence-corrected chi connectivity index (χ0v) is 11.5. The minimum absolute atomic E-state index is 0.00190. The highest BCUT2D eigenvalue weighted by molar-refractivity contribution is 5.47. The second kappa shape index (κ2) is 6.71. The summed E-state index contributed by atoms with van der Waals surface area (Å²) in [6.07, 6.45) is 0. The van der Waals surface area contributed by atoms with E-state index in [0.717, 1.165) is 0 Å². The van der Waals surface area contributed by atoms with Gasteiger partial charge >= 0.3 is 0 Å². The number of nitro groups is 1. The van der Waals surface area contributed by atoms with Gasteiger partial charge in [-0.3, -0.25) is 10.1 Å². The van der Waals surface area contributed by atoms with Crippen LogP contribution in [0.5, 0.6) is 11.5 Å². The lowest BCUT2D eigenvalue weighted by atomic mass is 10.1. The van der Waals surface area contributed by atoms with Crippen LogP contribution in [0.25, 0.3) is 0 Å². The molecule has 6 heteroatoms. The number of ether oxygens (including phenoxy) is 2. The van der Waals surface area contributed by atoms with Gasteiger partial charge in [0.2, 0.25) is 0 Å². The molecule has 0 saturated heterocycles. The van der Waals surface area contributed by atoms with Crippen LogP contribution in [-0.2, 0) is 13.2 Å². The van der Waals surface area contributed by atoms with Gasteiger partial charge in [-0.05, 0) is 12.1 Å². The van der Waals surface area contributed by atoms with Crippen molar-refractivity contribution < 1.29 is 19.5 Å². The van der Waals surface area contributed by atoms with Gasteiger partial charge in [-0.15, -0.1) is 0 Å². The van der Waals surface area contributed by atoms with Crippen LogP contribution in [0.3, 0.4) is 0 Å². The predicted octanol–water partition coefficient (Wildman–Crippen LogP) is 2.67. The van der Waals surface area contributed by atoms with Gasteiger partial charge in [-0.2, -0.15) is 0 Å². The number of aliphatic hydroxyl groups excluding tert-OH is 1. The van der Waals surface area contributed by atoms with Crippen molar-refractivity contribution in [1.29, 1.82) is 0 Å². The average Bonchev–Trinajstić information content (AvgIpc) is 2.52. The molecule has 0 spiro atoms. The average molecular weight is 289 g/mol. The van der Waals surface area contributed by atoms with Gasteiger partial charge in [-0.1, -0.05) is 24.3 Å². The van der Waals surface area contributed by atoms with Gasteiger partial charge in [0.1, 0.15) is 6.61 Å². The molecule has 0 aliphatic carbocycles.